The molecule has 4 nitrogen and oxygen atoms in total. The van der Waals surface area contributed by atoms with Crippen molar-refractivity contribution in [3.8, 4) is 0 Å². The zero-order chi connectivity index (χ0) is 13.9. The van der Waals surface area contributed by atoms with Crippen LogP contribution in [-0.2, 0) is 19.1 Å². The lowest BCUT2D eigenvalue weighted by Gasteiger charge is -2.19. The summed E-state index contributed by atoms with van der Waals surface area (Å²) in [4.78, 5) is 22.7. The second-order valence-corrected chi connectivity index (χ2v) is 6.19. The van der Waals surface area contributed by atoms with Crippen LogP contribution in [0, 0.1) is 0 Å². The van der Waals surface area contributed by atoms with Crippen LogP contribution in [0.15, 0.2) is 12.2 Å². The molecule has 0 aromatic heterocycles. The summed E-state index contributed by atoms with van der Waals surface area (Å²) in [6.45, 7) is 9.45. The third-order valence-electron chi connectivity index (χ3n) is 1.34. The van der Waals surface area contributed by atoms with Crippen LogP contribution in [0.5, 0.6) is 0 Å². The molecule has 0 N–H and O–H groups in total. The molecule has 0 aliphatic carbocycles. The molecule has 98 valence electrons. The van der Waals surface area contributed by atoms with Gasteiger partial charge < -0.3 is 9.47 Å². The molecule has 0 radical (unpaired) electrons. The minimum absolute atomic E-state index is 0.0374. The minimum Gasteiger partial charge on any atom is -0.443 e. The van der Waals surface area contributed by atoms with E-state index >= 15 is 0 Å². The van der Waals surface area contributed by atoms with Crippen LogP contribution in [-0.4, -0.2) is 22.1 Å². The van der Waals surface area contributed by atoms with Crippen molar-refractivity contribution in [3.05, 3.63) is 12.2 Å². The quantitative estimate of drug-likeness (QED) is 0.442. The van der Waals surface area contributed by atoms with Gasteiger partial charge in [-0.05, 0) is 27.7 Å². The molecular weight excluding hydrogens is 267 g/mol. The lowest BCUT2D eigenvalue weighted by Crippen LogP contribution is -2.25. The van der Waals surface area contributed by atoms with Gasteiger partial charge in [0.2, 0.25) is 0 Å². The van der Waals surface area contributed by atoms with E-state index in [1.807, 2.05) is 0 Å². The van der Waals surface area contributed by atoms with Gasteiger partial charge >= 0.3 is 11.9 Å². The minimum atomic E-state index is -1.14. The van der Waals surface area contributed by atoms with Gasteiger partial charge in [0.05, 0.1) is 6.42 Å². The Hall–Kier alpha value is -0.740. The zero-order valence-electron chi connectivity index (χ0n) is 10.3. The second kappa shape index (κ2) is 5.74. The Morgan fingerprint density at radius 3 is 1.82 bits per heavy atom. The van der Waals surface area contributed by atoms with Crippen molar-refractivity contribution in [1.29, 1.82) is 0 Å². The van der Waals surface area contributed by atoms with Crippen LogP contribution in [0.2, 0.25) is 0 Å². The highest BCUT2D eigenvalue weighted by Gasteiger charge is 2.24. The zero-order valence-corrected chi connectivity index (χ0v) is 11.8. The molecule has 0 aromatic carbocycles. The summed E-state index contributed by atoms with van der Waals surface area (Å²) >= 11 is 11.4. The molecule has 0 amide bonds. The van der Waals surface area contributed by atoms with Crippen LogP contribution >= 0.6 is 23.2 Å². The molecule has 0 fully saturated rings. The molecule has 0 unspecified atom stereocenters. The van der Waals surface area contributed by atoms with E-state index in [1.165, 1.54) is 27.7 Å². The molecule has 0 rings (SSSR count). The summed E-state index contributed by atoms with van der Waals surface area (Å²) in [6.07, 6.45) is -0.290. The van der Waals surface area contributed by atoms with E-state index in [4.69, 9.17) is 32.7 Å². The van der Waals surface area contributed by atoms with Gasteiger partial charge in [-0.15, -0.1) is 0 Å². The monoisotopic (exact) mass is 282 g/mol. The lowest BCUT2D eigenvalue weighted by molar-refractivity contribution is -0.152. The van der Waals surface area contributed by atoms with Crippen molar-refractivity contribution in [2.75, 3.05) is 0 Å². The van der Waals surface area contributed by atoms with Crippen LogP contribution in [0.4, 0.5) is 0 Å². The Kier molecular flexibility index (Phi) is 5.49. The summed E-state index contributed by atoms with van der Waals surface area (Å²) in [6, 6.07) is 0. The number of halogens is 2. The van der Waals surface area contributed by atoms with Gasteiger partial charge in [-0.25, -0.2) is 4.79 Å². The Morgan fingerprint density at radius 2 is 1.47 bits per heavy atom. The fourth-order valence-electron chi connectivity index (χ4n) is 0.846. The molecule has 0 bridgehead atoms. The second-order valence-electron chi connectivity index (χ2n) is 4.37. The summed E-state index contributed by atoms with van der Waals surface area (Å²) in [7, 11) is 0. The first kappa shape index (κ1) is 16.3. The number of hydrogen-bond donors (Lipinski definition) is 0. The van der Waals surface area contributed by atoms with Gasteiger partial charge in [0, 0.05) is 5.57 Å². The van der Waals surface area contributed by atoms with Crippen molar-refractivity contribution in [2.24, 2.45) is 0 Å². The number of alkyl halides is 2. The molecule has 0 spiro atoms. The maximum absolute atomic E-state index is 11.4. The number of carbonyl (C=O) groups excluding carboxylic acids is 2. The first-order chi connectivity index (χ1) is 7.41. The number of rotatable bonds is 5. The molecule has 0 atom stereocenters. The van der Waals surface area contributed by atoms with Crippen LogP contribution in [0.3, 0.4) is 0 Å². The molecule has 0 aliphatic rings. The molecule has 0 saturated heterocycles. The Morgan fingerprint density at radius 1 is 1.06 bits per heavy atom. The average molecular weight is 283 g/mol. The van der Waals surface area contributed by atoms with E-state index in [2.05, 4.69) is 6.58 Å². The first-order valence-corrected chi connectivity index (χ1v) is 5.67. The van der Waals surface area contributed by atoms with E-state index in [0.717, 1.165) is 0 Å². The third-order valence-corrected chi connectivity index (χ3v) is 1.49. The summed E-state index contributed by atoms with van der Waals surface area (Å²) in [5, 5.41) is -2.26. The van der Waals surface area contributed by atoms with Gasteiger partial charge in [0.25, 0.3) is 0 Å². The molecule has 0 heterocycles. The maximum Gasteiger partial charge on any atom is 0.335 e. The molecule has 0 aromatic rings. The molecular formula is C11H16Cl2O4. The topological polar surface area (TPSA) is 52.6 Å². The van der Waals surface area contributed by atoms with E-state index in [1.54, 1.807) is 0 Å². The predicted octanol–water partition coefficient (Wildman–Crippen LogP) is 2.97. The number of ether oxygens (including phenoxy) is 2. The van der Waals surface area contributed by atoms with Gasteiger partial charge in [-0.1, -0.05) is 29.8 Å². The van der Waals surface area contributed by atoms with E-state index in [0.29, 0.717) is 0 Å². The lowest BCUT2D eigenvalue weighted by atomic mass is 10.2. The number of carbonyl (C=O) groups is 2. The highest BCUT2D eigenvalue weighted by molar-refractivity contribution is 6.23. The standard InChI is InChI=1S/C11H16Cl2O4/c1-7(9(15)17-11(4,5)13)6-8(14)16-10(2,3)12/h1,6H2,2-5H3. The molecule has 0 aliphatic heterocycles. The van der Waals surface area contributed by atoms with E-state index in [9.17, 15) is 9.59 Å². The van der Waals surface area contributed by atoms with Gasteiger partial charge in [0.1, 0.15) is 0 Å². The first-order valence-electron chi connectivity index (χ1n) is 4.91. The van der Waals surface area contributed by atoms with Crippen molar-refractivity contribution < 1.29 is 19.1 Å². The van der Waals surface area contributed by atoms with E-state index in [-0.39, 0.29) is 12.0 Å². The summed E-state index contributed by atoms with van der Waals surface area (Å²) in [5.41, 5.74) is -0.0374. The smallest absolute Gasteiger partial charge is 0.335 e. The van der Waals surface area contributed by atoms with Crippen LogP contribution in [0.1, 0.15) is 34.1 Å². The van der Waals surface area contributed by atoms with Gasteiger partial charge in [-0.2, -0.15) is 0 Å². The van der Waals surface area contributed by atoms with Crippen molar-refractivity contribution in [1.82, 2.24) is 0 Å². The van der Waals surface area contributed by atoms with Crippen LogP contribution < -0.4 is 0 Å². The maximum atomic E-state index is 11.4. The molecule has 6 heteroatoms. The van der Waals surface area contributed by atoms with Gasteiger partial charge in [-0.3, -0.25) is 4.79 Å². The van der Waals surface area contributed by atoms with Crippen LogP contribution in [0.25, 0.3) is 0 Å². The van der Waals surface area contributed by atoms with Crippen molar-refractivity contribution in [3.63, 3.8) is 0 Å². The Balaban J connectivity index is 4.28. The Bertz CT molecular complexity index is 323. The predicted molar refractivity (Wildman–Crippen MR) is 65.8 cm³/mol. The fourth-order valence-corrected chi connectivity index (χ4v) is 1.00. The van der Waals surface area contributed by atoms with E-state index < -0.39 is 22.1 Å². The largest absolute Gasteiger partial charge is 0.443 e. The highest BCUT2D eigenvalue weighted by atomic mass is 35.5. The number of hydrogen-bond acceptors (Lipinski definition) is 4. The van der Waals surface area contributed by atoms with Crippen molar-refractivity contribution in [2.45, 2.75) is 44.2 Å². The normalized spacial score (nSPS) is 11.9. The molecule has 17 heavy (non-hydrogen) atoms. The Labute approximate surface area is 111 Å². The fraction of sp³-hybridized carbons (Fsp3) is 0.636. The van der Waals surface area contributed by atoms with Gasteiger partial charge in [0.15, 0.2) is 10.1 Å². The summed E-state index contributed by atoms with van der Waals surface area (Å²) in [5.74, 6) is -1.39. The highest BCUT2D eigenvalue weighted by Crippen LogP contribution is 2.19. The SMILES string of the molecule is C=C(CC(=O)OC(C)(C)Cl)C(=O)OC(C)(C)Cl. The average Bonchev–Trinajstić information content (AvgIpc) is 1.95. The molecule has 0 saturated carbocycles. The summed E-state index contributed by atoms with van der Waals surface area (Å²) < 4.78 is 9.63. The third kappa shape index (κ3) is 9.01. The number of esters is 2. The van der Waals surface area contributed by atoms with Crippen molar-refractivity contribution >= 4 is 35.1 Å².